The smallest absolute Gasteiger partial charge is 0.260 e. The van der Waals surface area contributed by atoms with E-state index in [0.717, 1.165) is 78.9 Å². The minimum absolute atomic E-state index is 0.00268. The third-order valence-electron chi connectivity index (χ3n) is 11.4. The van der Waals surface area contributed by atoms with Gasteiger partial charge in [-0.05, 0) is 84.6 Å². The number of carbonyl (C=O) groups excluding carboxylic acids is 2. The zero-order valence-corrected chi connectivity index (χ0v) is 39.0. The first-order chi connectivity index (χ1) is 32.1. The van der Waals surface area contributed by atoms with Crippen LogP contribution in [-0.2, 0) is 4.79 Å². The summed E-state index contributed by atoms with van der Waals surface area (Å²) in [7, 11) is 0. The van der Waals surface area contributed by atoms with E-state index < -0.39 is 0 Å². The molecule has 13 nitrogen and oxygen atoms in total. The molecule has 2 aliphatic heterocycles. The molecule has 17 heteroatoms. The predicted molar refractivity (Wildman–Crippen MR) is 269 cm³/mol. The highest BCUT2D eigenvalue weighted by Gasteiger charge is 2.25. The number of hydrogen-bond acceptors (Lipinski definition) is 13. The topological polar surface area (TPSA) is 160 Å². The second-order valence-electron chi connectivity index (χ2n) is 15.8. The van der Waals surface area contributed by atoms with Crippen molar-refractivity contribution in [3.63, 3.8) is 0 Å². The lowest BCUT2D eigenvalue weighted by atomic mass is 10.2. The first kappa shape index (κ1) is 44.7. The van der Waals surface area contributed by atoms with E-state index in [1.54, 1.807) is 71.2 Å². The first-order valence-corrected chi connectivity index (χ1v) is 24.0. The van der Waals surface area contributed by atoms with Crippen LogP contribution in [0.5, 0.6) is 5.75 Å². The van der Waals surface area contributed by atoms with E-state index in [4.69, 9.17) is 39.4 Å². The summed E-state index contributed by atoms with van der Waals surface area (Å²) < 4.78 is 5.65. The highest BCUT2D eigenvalue weighted by atomic mass is 35.5. The molecule has 4 aromatic carbocycles. The normalized spacial score (nSPS) is 14.4. The monoisotopic (exact) mass is 956 g/mol. The van der Waals surface area contributed by atoms with Crippen molar-refractivity contribution in [1.82, 2.24) is 29.7 Å². The van der Waals surface area contributed by atoms with Gasteiger partial charge in [-0.3, -0.25) is 9.59 Å². The molecule has 0 radical (unpaired) electrons. The minimum atomic E-state index is -0.0361. The number of aromatic nitrogens is 4. The van der Waals surface area contributed by atoms with Crippen LogP contribution in [0.15, 0.2) is 121 Å². The van der Waals surface area contributed by atoms with Gasteiger partial charge in [-0.1, -0.05) is 83.9 Å². The zero-order valence-electron chi connectivity index (χ0n) is 35.9. The molecule has 2 aliphatic rings. The highest BCUT2D eigenvalue weighted by Crippen LogP contribution is 2.39. The standard InChI is InChI=1S/C25H24ClN5O2S.C24H22ClN5OS/c26-18-7-9-19(10-8-18)33-16-22(32)30-11-4-12-31(14-13-30)23-20-15-21(17-5-2-1-3-6-17)34-24(20)29-25(27)28-23;25-18-9-7-17(8-10-18)23(31)30-12-4-11-29(13-14-30)21-19-15-20(16-5-2-1-3-6-16)32-22(19)28-24(26)27-21/h1-3,5-10,15H,4,11-14,16H2,(H2,27,28,29);1-3,5-10,15H,4,11-14H2,(H2,26,27,28). The molecular weight excluding hydrogens is 912 g/mol. The Bertz CT molecular complexity index is 2960. The maximum atomic E-state index is 13.0. The predicted octanol–water partition coefficient (Wildman–Crippen LogP) is 9.66. The molecule has 336 valence electrons. The fourth-order valence-electron chi connectivity index (χ4n) is 8.07. The quantitative estimate of drug-likeness (QED) is 0.149. The van der Waals surface area contributed by atoms with Gasteiger partial charge in [0.15, 0.2) is 6.61 Å². The largest absolute Gasteiger partial charge is 0.484 e. The van der Waals surface area contributed by atoms with E-state index in [1.807, 2.05) is 46.2 Å². The van der Waals surface area contributed by atoms with Gasteiger partial charge in [0.25, 0.3) is 11.8 Å². The Labute approximate surface area is 400 Å². The van der Waals surface area contributed by atoms with E-state index in [0.29, 0.717) is 60.6 Å². The number of halogens is 2. The molecule has 66 heavy (non-hydrogen) atoms. The van der Waals surface area contributed by atoms with Gasteiger partial charge >= 0.3 is 0 Å². The van der Waals surface area contributed by atoms with Gasteiger partial charge in [0.1, 0.15) is 27.0 Å². The second kappa shape index (κ2) is 20.3. The number of rotatable bonds is 8. The molecule has 2 saturated heterocycles. The van der Waals surface area contributed by atoms with Gasteiger partial charge in [0.2, 0.25) is 11.9 Å². The summed E-state index contributed by atoms with van der Waals surface area (Å²) >= 11 is 15.1. The lowest BCUT2D eigenvalue weighted by Crippen LogP contribution is -2.38. The summed E-state index contributed by atoms with van der Waals surface area (Å²) in [6.07, 6.45) is 1.67. The second-order valence-corrected chi connectivity index (χ2v) is 18.7. The number of benzene rings is 4. The number of thiophene rings is 2. The molecule has 0 atom stereocenters. The summed E-state index contributed by atoms with van der Waals surface area (Å²) in [6, 6.07) is 38.8. The van der Waals surface area contributed by atoms with Crippen molar-refractivity contribution in [3.8, 4) is 26.6 Å². The minimum Gasteiger partial charge on any atom is -0.484 e. The first-order valence-electron chi connectivity index (χ1n) is 21.6. The van der Waals surface area contributed by atoms with E-state index in [-0.39, 0.29) is 30.3 Å². The number of anilines is 4. The van der Waals surface area contributed by atoms with Crippen LogP contribution in [0, 0.1) is 0 Å². The van der Waals surface area contributed by atoms with Crippen molar-refractivity contribution in [2.75, 3.05) is 80.2 Å². The number of nitrogen functional groups attached to an aromatic ring is 2. The molecule has 2 amide bonds. The van der Waals surface area contributed by atoms with Crippen LogP contribution in [-0.4, -0.2) is 101 Å². The van der Waals surface area contributed by atoms with Crippen LogP contribution in [0.2, 0.25) is 10.0 Å². The van der Waals surface area contributed by atoms with E-state index in [2.05, 4.69) is 66.1 Å². The third kappa shape index (κ3) is 10.4. The van der Waals surface area contributed by atoms with Gasteiger partial charge in [0.05, 0.1) is 10.8 Å². The third-order valence-corrected chi connectivity index (χ3v) is 14.1. The van der Waals surface area contributed by atoms with E-state index >= 15 is 0 Å². The van der Waals surface area contributed by atoms with E-state index in [1.165, 1.54) is 0 Å². The Kier molecular flexibility index (Phi) is 13.8. The molecule has 4 aromatic heterocycles. The average molecular weight is 958 g/mol. The number of nitrogens with two attached hydrogens (primary N) is 2. The lowest BCUT2D eigenvalue weighted by molar-refractivity contribution is -0.133. The molecule has 6 heterocycles. The molecule has 4 N–H and O–H groups in total. The van der Waals surface area contributed by atoms with Crippen LogP contribution >= 0.6 is 45.9 Å². The Balaban J connectivity index is 0.000000166. The van der Waals surface area contributed by atoms with Crippen LogP contribution in [0.1, 0.15) is 23.2 Å². The summed E-state index contributed by atoms with van der Waals surface area (Å²) in [5.41, 5.74) is 15.1. The number of amides is 2. The number of fused-ring (bicyclic) bond motifs is 2. The van der Waals surface area contributed by atoms with Crippen LogP contribution in [0.25, 0.3) is 41.3 Å². The Hall–Kier alpha value is -6.52. The number of carbonyl (C=O) groups is 2. The summed E-state index contributed by atoms with van der Waals surface area (Å²) in [5, 5.41) is 3.25. The Morgan fingerprint density at radius 3 is 1.55 bits per heavy atom. The number of nitrogens with zero attached hydrogens (tertiary/aromatic N) is 8. The molecule has 0 spiro atoms. The lowest BCUT2D eigenvalue weighted by Gasteiger charge is -2.23. The van der Waals surface area contributed by atoms with Crippen molar-refractivity contribution >= 4 is 102 Å². The van der Waals surface area contributed by atoms with Crippen LogP contribution in [0.4, 0.5) is 23.5 Å². The fourth-order valence-corrected chi connectivity index (χ4v) is 10.4. The van der Waals surface area contributed by atoms with Crippen molar-refractivity contribution < 1.29 is 14.3 Å². The Morgan fingerprint density at radius 1 is 0.561 bits per heavy atom. The highest BCUT2D eigenvalue weighted by molar-refractivity contribution is 7.22. The van der Waals surface area contributed by atoms with Crippen LogP contribution in [0.3, 0.4) is 0 Å². The van der Waals surface area contributed by atoms with Crippen molar-refractivity contribution in [2.24, 2.45) is 0 Å². The number of hydrogen-bond donors (Lipinski definition) is 2. The van der Waals surface area contributed by atoms with Gasteiger partial charge in [-0.2, -0.15) is 9.97 Å². The summed E-state index contributed by atoms with van der Waals surface area (Å²) in [5.74, 6) is 2.81. The molecule has 8 aromatic rings. The van der Waals surface area contributed by atoms with Crippen LogP contribution < -0.4 is 26.0 Å². The summed E-state index contributed by atoms with van der Waals surface area (Å²) in [6.45, 7) is 5.48. The molecule has 0 unspecified atom stereocenters. The molecule has 0 saturated carbocycles. The van der Waals surface area contributed by atoms with Gasteiger partial charge in [0, 0.05) is 77.7 Å². The maximum Gasteiger partial charge on any atom is 0.260 e. The van der Waals surface area contributed by atoms with Gasteiger partial charge < -0.3 is 35.8 Å². The average Bonchev–Trinajstić information content (AvgIpc) is 3.77. The van der Waals surface area contributed by atoms with Gasteiger partial charge in [-0.15, -0.1) is 22.7 Å². The molecule has 2 fully saturated rings. The van der Waals surface area contributed by atoms with E-state index in [9.17, 15) is 9.59 Å². The molecule has 0 bridgehead atoms. The maximum absolute atomic E-state index is 13.0. The molecule has 0 aliphatic carbocycles. The Morgan fingerprint density at radius 2 is 1.03 bits per heavy atom. The molecular formula is C49H46Cl2N10O3S2. The zero-order chi connectivity index (χ0) is 45.6. The van der Waals surface area contributed by atoms with Gasteiger partial charge in [-0.25, -0.2) is 9.97 Å². The SMILES string of the molecule is Nc1nc(N2CCCN(C(=O)COc3ccc(Cl)cc3)CC2)c2cc(-c3ccccc3)sc2n1.Nc1nc(N2CCCN(C(=O)c3ccc(Cl)cc3)CC2)c2cc(-c3ccccc3)sc2n1. The number of ether oxygens (including phenoxy) is 1. The van der Waals surface area contributed by atoms with Crippen molar-refractivity contribution in [2.45, 2.75) is 12.8 Å². The van der Waals surface area contributed by atoms with Crippen molar-refractivity contribution in [1.29, 1.82) is 0 Å². The summed E-state index contributed by atoms with van der Waals surface area (Å²) in [4.78, 5) is 56.0. The van der Waals surface area contributed by atoms with Crippen molar-refractivity contribution in [3.05, 3.63) is 137 Å². The molecule has 10 rings (SSSR count). The fraction of sp³-hybridized carbons (Fsp3) is 0.224.